The highest BCUT2D eigenvalue weighted by molar-refractivity contribution is 6.83. The first-order valence-corrected chi connectivity index (χ1v) is 12.4. The molecule has 0 bridgehead atoms. The summed E-state index contributed by atoms with van der Waals surface area (Å²) in [7, 11) is -1.51. The van der Waals surface area contributed by atoms with Gasteiger partial charge in [0.05, 0.1) is 8.07 Å². The van der Waals surface area contributed by atoms with Gasteiger partial charge >= 0.3 is 0 Å². The van der Waals surface area contributed by atoms with Crippen LogP contribution in [0.4, 0.5) is 0 Å². The number of phenolic OH excluding ortho intramolecular Hbond substituents is 1. The van der Waals surface area contributed by atoms with Crippen molar-refractivity contribution in [2.75, 3.05) is 0 Å². The maximum absolute atomic E-state index is 10.5. The second kappa shape index (κ2) is 6.98. The SMILES string of the molecule is CC(C)[Si](CC1Cc2cc(C(C)(C)C)cc(O)c2O1)(C(C)C)C(C)C. The van der Waals surface area contributed by atoms with E-state index in [1.165, 1.54) is 17.2 Å². The Bertz CT molecular complexity index is 589. The lowest BCUT2D eigenvalue weighted by Gasteiger charge is -2.44. The predicted octanol–water partition coefficient (Wildman–Crippen LogP) is 6.67. The molecular weight excluding hydrogens is 324 g/mol. The third-order valence-electron chi connectivity index (χ3n) is 6.55. The summed E-state index contributed by atoms with van der Waals surface area (Å²) in [5.41, 5.74) is 4.62. The average Bonchev–Trinajstić information content (AvgIpc) is 2.85. The molecular formula is C22H38O2Si. The standard InChI is InChI=1S/C22H38O2Si/c1-14(2)25(15(3)4,16(5)6)13-19-11-17-10-18(22(7,8)9)12-20(23)21(17)24-19/h10,12,14-16,19,23H,11,13H2,1-9H3. The lowest BCUT2D eigenvalue weighted by Crippen LogP contribution is -2.47. The largest absolute Gasteiger partial charge is 0.504 e. The molecule has 1 aliphatic rings. The molecule has 1 aromatic carbocycles. The first-order chi connectivity index (χ1) is 11.4. The van der Waals surface area contributed by atoms with E-state index in [4.69, 9.17) is 4.74 Å². The number of fused-ring (bicyclic) bond motifs is 1. The van der Waals surface area contributed by atoms with E-state index in [-0.39, 0.29) is 11.5 Å². The van der Waals surface area contributed by atoms with E-state index in [0.29, 0.717) is 5.75 Å². The number of benzene rings is 1. The Kier molecular flexibility index (Phi) is 5.68. The number of rotatable bonds is 5. The van der Waals surface area contributed by atoms with Crippen LogP contribution in [0.25, 0.3) is 0 Å². The fourth-order valence-electron chi connectivity index (χ4n) is 5.06. The first kappa shape index (κ1) is 20.4. The zero-order valence-electron chi connectivity index (χ0n) is 17.7. The van der Waals surface area contributed by atoms with Gasteiger partial charge in [0, 0.05) is 12.0 Å². The van der Waals surface area contributed by atoms with Gasteiger partial charge in [0.25, 0.3) is 0 Å². The smallest absolute Gasteiger partial charge is 0.164 e. The first-order valence-electron chi connectivity index (χ1n) is 9.92. The van der Waals surface area contributed by atoms with Gasteiger partial charge in [-0.2, -0.15) is 0 Å². The van der Waals surface area contributed by atoms with Gasteiger partial charge in [0.1, 0.15) is 6.10 Å². The Morgan fingerprint density at radius 3 is 2.00 bits per heavy atom. The third kappa shape index (κ3) is 3.76. The monoisotopic (exact) mass is 362 g/mol. The van der Waals surface area contributed by atoms with E-state index in [9.17, 15) is 5.11 Å². The lowest BCUT2D eigenvalue weighted by molar-refractivity contribution is 0.241. The maximum Gasteiger partial charge on any atom is 0.164 e. The predicted molar refractivity (Wildman–Crippen MR) is 111 cm³/mol. The molecule has 0 aromatic heterocycles. The van der Waals surface area contributed by atoms with Crippen LogP contribution in [-0.4, -0.2) is 19.3 Å². The van der Waals surface area contributed by atoms with Crippen LogP contribution < -0.4 is 4.74 Å². The summed E-state index contributed by atoms with van der Waals surface area (Å²) >= 11 is 0. The normalized spacial score (nSPS) is 18.2. The Morgan fingerprint density at radius 2 is 1.56 bits per heavy atom. The molecule has 25 heavy (non-hydrogen) atoms. The van der Waals surface area contributed by atoms with Crippen molar-refractivity contribution in [2.24, 2.45) is 0 Å². The average molecular weight is 363 g/mol. The van der Waals surface area contributed by atoms with Crippen molar-refractivity contribution in [2.45, 2.75) is 103 Å². The van der Waals surface area contributed by atoms with Gasteiger partial charge in [-0.1, -0.05) is 85.0 Å². The third-order valence-corrected chi connectivity index (χ3v) is 14.2. The van der Waals surface area contributed by atoms with Crippen molar-refractivity contribution >= 4 is 8.07 Å². The summed E-state index contributed by atoms with van der Waals surface area (Å²) in [6, 6.07) is 5.32. The van der Waals surface area contributed by atoms with Crippen molar-refractivity contribution in [3.63, 3.8) is 0 Å². The Hall–Kier alpha value is -0.963. The minimum absolute atomic E-state index is 0.0386. The fraction of sp³-hybridized carbons (Fsp3) is 0.727. The number of phenols is 1. The summed E-state index contributed by atoms with van der Waals surface area (Å²) in [5, 5.41) is 10.5. The summed E-state index contributed by atoms with van der Waals surface area (Å²) in [6.45, 7) is 21.0. The van der Waals surface area contributed by atoms with E-state index >= 15 is 0 Å². The molecule has 0 saturated heterocycles. The van der Waals surface area contributed by atoms with E-state index < -0.39 is 8.07 Å². The summed E-state index contributed by atoms with van der Waals surface area (Å²) in [6.07, 6.45) is 1.16. The molecule has 142 valence electrons. The zero-order chi connectivity index (χ0) is 19.2. The van der Waals surface area contributed by atoms with E-state index in [1.54, 1.807) is 0 Å². The van der Waals surface area contributed by atoms with Crippen molar-refractivity contribution in [1.82, 2.24) is 0 Å². The highest BCUT2D eigenvalue weighted by Crippen LogP contribution is 2.49. The molecule has 3 heteroatoms. The quantitative estimate of drug-likeness (QED) is 0.592. The minimum atomic E-state index is -1.51. The van der Waals surface area contributed by atoms with Crippen molar-refractivity contribution in [3.8, 4) is 11.5 Å². The van der Waals surface area contributed by atoms with Crippen LogP contribution in [0.2, 0.25) is 22.7 Å². The minimum Gasteiger partial charge on any atom is -0.504 e. The molecule has 1 heterocycles. The van der Waals surface area contributed by atoms with Gasteiger partial charge in [-0.25, -0.2) is 0 Å². The summed E-state index contributed by atoms with van der Waals surface area (Å²) < 4.78 is 6.30. The van der Waals surface area contributed by atoms with Crippen LogP contribution in [0.3, 0.4) is 0 Å². The Labute approximate surface area is 156 Å². The lowest BCUT2D eigenvalue weighted by atomic mass is 9.85. The highest BCUT2D eigenvalue weighted by atomic mass is 28.3. The van der Waals surface area contributed by atoms with Crippen LogP contribution in [0, 0.1) is 0 Å². The topological polar surface area (TPSA) is 29.5 Å². The summed E-state index contributed by atoms with van der Waals surface area (Å²) in [4.78, 5) is 0. The van der Waals surface area contributed by atoms with Crippen LogP contribution >= 0.6 is 0 Å². The molecule has 1 atom stereocenters. The van der Waals surface area contributed by atoms with Gasteiger partial charge in [-0.15, -0.1) is 0 Å². The molecule has 0 saturated carbocycles. The van der Waals surface area contributed by atoms with Crippen molar-refractivity contribution < 1.29 is 9.84 Å². The number of aromatic hydroxyl groups is 1. The zero-order valence-corrected chi connectivity index (χ0v) is 18.7. The fourth-order valence-corrected chi connectivity index (χ4v) is 11.5. The van der Waals surface area contributed by atoms with Gasteiger partial charge in [0.2, 0.25) is 0 Å². The molecule has 0 aliphatic carbocycles. The molecule has 2 rings (SSSR count). The van der Waals surface area contributed by atoms with E-state index in [1.807, 2.05) is 6.07 Å². The molecule has 1 aromatic rings. The molecule has 0 radical (unpaired) electrons. The number of hydrogen-bond donors (Lipinski definition) is 1. The Morgan fingerprint density at radius 1 is 1.04 bits per heavy atom. The van der Waals surface area contributed by atoms with Gasteiger partial charge in [-0.3, -0.25) is 0 Å². The number of hydrogen-bond acceptors (Lipinski definition) is 2. The maximum atomic E-state index is 10.5. The van der Waals surface area contributed by atoms with Crippen molar-refractivity contribution in [3.05, 3.63) is 23.3 Å². The van der Waals surface area contributed by atoms with Gasteiger partial charge < -0.3 is 9.84 Å². The molecule has 2 nitrogen and oxygen atoms in total. The van der Waals surface area contributed by atoms with Crippen LogP contribution in [-0.2, 0) is 11.8 Å². The van der Waals surface area contributed by atoms with Crippen molar-refractivity contribution in [1.29, 1.82) is 0 Å². The van der Waals surface area contributed by atoms with E-state index in [2.05, 4.69) is 68.4 Å². The number of ether oxygens (including phenoxy) is 1. The van der Waals surface area contributed by atoms with E-state index in [0.717, 1.165) is 28.8 Å². The van der Waals surface area contributed by atoms with Gasteiger partial charge in [0.15, 0.2) is 11.5 Å². The second-order valence-electron chi connectivity index (χ2n) is 9.96. The van der Waals surface area contributed by atoms with Crippen LogP contribution in [0.15, 0.2) is 12.1 Å². The second-order valence-corrected chi connectivity index (χ2v) is 16.1. The molecule has 0 amide bonds. The molecule has 1 N–H and O–H groups in total. The molecule has 1 unspecified atom stereocenters. The Balaban J connectivity index is 2.31. The van der Waals surface area contributed by atoms with Crippen LogP contribution in [0.5, 0.6) is 11.5 Å². The molecule has 1 aliphatic heterocycles. The summed E-state index contributed by atoms with van der Waals surface area (Å²) in [5.74, 6) is 1.05. The molecule has 0 spiro atoms. The van der Waals surface area contributed by atoms with Gasteiger partial charge in [-0.05, 0) is 23.1 Å². The highest BCUT2D eigenvalue weighted by Gasteiger charge is 2.45. The van der Waals surface area contributed by atoms with Crippen LogP contribution in [0.1, 0.15) is 73.4 Å². The molecule has 0 fully saturated rings.